The van der Waals surface area contributed by atoms with Crippen molar-refractivity contribution in [2.45, 2.75) is 18.9 Å². The van der Waals surface area contributed by atoms with Crippen LogP contribution in [0, 0.1) is 17.6 Å². The van der Waals surface area contributed by atoms with Crippen LogP contribution < -0.4 is 10.2 Å². The Morgan fingerprint density at radius 1 is 1.38 bits per heavy atom. The highest BCUT2D eigenvalue weighted by Gasteiger charge is 2.44. The van der Waals surface area contributed by atoms with Gasteiger partial charge in [-0.1, -0.05) is 17.4 Å². The molecule has 0 bridgehead atoms. The third-order valence-electron chi connectivity index (χ3n) is 3.52. The van der Waals surface area contributed by atoms with E-state index in [2.05, 4.69) is 10.3 Å². The molecular formula is C14H12F2N2O2S. The monoisotopic (exact) mass is 310 g/mol. The Hall–Kier alpha value is -2.02. The minimum absolute atomic E-state index is 0.0679. The molecule has 2 atom stereocenters. The third-order valence-corrected chi connectivity index (χ3v) is 4.24. The van der Waals surface area contributed by atoms with E-state index in [9.17, 15) is 18.4 Å². The molecule has 1 aliphatic carbocycles. The summed E-state index contributed by atoms with van der Waals surface area (Å²) in [5.74, 6) is -2.21. The Morgan fingerprint density at radius 3 is 2.86 bits per heavy atom. The minimum Gasteiger partial charge on any atom is -0.350 e. The summed E-state index contributed by atoms with van der Waals surface area (Å²) in [4.78, 5) is 25.4. The van der Waals surface area contributed by atoms with Gasteiger partial charge in [0, 0.05) is 17.0 Å². The molecule has 2 aromatic rings. The maximum absolute atomic E-state index is 13.2. The molecule has 7 heteroatoms. The van der Waals surface area contributed by atoms with E-state index in [1.165, 1.54) is 6.07 Å². The maximum Gasteiger partial charge on any atom is 0.304 e. The number of rotatable bonds is 4. The number of halogens is 2. The van der Waals surface area contributed by atoms with Gasteiger partial charge in [-0.05, 0) is 30.0 Å². The van der Waals surface area contributed by atoms with Crippen LogP contribution in [0.3, 0.4) is 0 Å². The number of hydrogen-bond donors (Lipinski definition) is 2. The standard InChI is InChI=1S/C14H12F2N2O2S/c15-11-2-1-7(3-12(11)16)9-4-10(9)13(19)17-5-8-6-21-14(20)18-8/h1-3,6,9-10H,4-5H2,(H,17,19)(H,18,20)/t9-,10+/m1/s1. The maximum atomic E-state index is 13.2. The van der Waals surface area contributed by atoms with Gasteiger partial charge in [0.2, 0.25) is 5.91 Å². The Bertz CT molecular complexity index is 741. The van der Waals surface area contributed by atoms with Gasteiger partial charge in [0.15, 0.2) is 11.6 Å². The lowest BCUT2D eigenvalue weighted by Gasteiger charge is -2.04. The zero-order valence-electron chi connectivity index (χ0n) is 10.9. The summed E-state index contributed by atoms with van der Waals surface area (Å²) in [6.07, 6.45) is 0.622. The Labute approximate surface area is 122 Å². The summed E-state index contributed by atoms with van der Waals surface area (Å²) in [5.41, 5.74) is 1.29. The molecule has 2 N–H and O–H groups in total. The molecule has 1 amide bonds. The predicted molar refractivity (Wildman–Crippen MR) is 74.0 cm³/mol. The lowest BCUT2D eigenvalue weighted by molar-refractivity contribution is -0.122. The van der Waals surface area contributed by atoms with E-state index in [4.69, 9.17) is 0 Å². The van der Waals surface area contributed by atoms with Gasteiger partial charge in [0.1, 0.15) is 0 Å². The van der Waals surface area contributed by atoms with E-state index in [0.717, 1.165) is 23.5 Å². The first kappa shape index (κ1) is 13.9. The summed E-state index contributed by atoms with van der Waals surface area (Å²) in [5, 5.41) is 4.38. The van der Waals surface area contributed by atoms with E-state index in [-0.39, 0.29) is 29.2 Å². The summed E-state index contributed by atoms with van der Waals surface area (Å²) in [6.45, 7) is 0.262. The number of carbonyl (C=O) groups excluding carboxylic acids is 1. The summed E-state index contributed by atoms with van der Waals surface area (Å²) >= 11 is 1.04. The Morgan fingerprint density at radius 2 is 2.19 bits per heavy atom. The molecule has 1 fully saturated rings. The molecule has 110 valence electrons. The number of aromatic amines is 1. The van der Waals surface area contributed by atoms with Crippen LogP contribution in [0.15, 0.2) is 28.4 Å². The van der Waals surface area contributed by atoms with Crippen molar-refractivity contribution >= 4 is 17.2 Å². The Balaban J connectivity index is 1.58. The van der Waals surface area contributed by atoms with Crippen molar-refractivity contribution in [1.29, 1.82) is 0 Å². The highest BCUT2D eigenvalue weighted by atomic mass is 32.1. The van der Waals surface area contributed by atoms with Crippen LogP contribution in [0.25, 0.3) is 0 Å². The molecule has 0 radical (unpaired) electrons. The molecule has 4 nitrogen and oxygen atoms in total. The molecule has 1 aliphatic rings. The van der Waals surface area contributed by atoms with Crippen molar-refractivity contribution < 1.29 is 13.6 Å². The number of carbonyl (C=O) groups is 1. The van der Waals surface area contributed by atoms with Gasteiger partial charge in [-0.3, -0.25) is 9.59 Å². The molecule has 21 heavy (non-hydrogen) atoms. The molecule has 1 saturated carbocycles. The lowest BCUT2D eigenvalue weighted by Crippen LogP contribution is -2.25. The predicted octanol–water partition coefficient (Wildman–Crippen LogP) is 2.13. The second-order valence-electron chi connectivity index (χ2n) is 5.01. The van der Waals surface area contributed by atoms with E-state index >= 15 is 0 Å². The van der Waals surface area contributed by atoms with E-state index in [1.807, 2.05) is 0 Å². The van der Waals surface area contributed by atoms with Crippen molar-refractivity contribution in [3.8, 4) is 0 Å². The largest absolute Gasteiger partial charge is 0.350 e. The molecule has 0 aliphatic heterocycles. The molecule has 1 aromatic carbocycles. The molecule has 0 saturated heterocycles. The first-order chi connectivity index (χ1) is 10.0. The van der Waals surface area contributed by atoms with Gasteiger partial charge >= 0.3 is 4.87 Å². The average Bonchev–Trinajstić information content (AvgIpc) is 3.15. The quantitative estimate of drug-likeness (QED) is 0.909. The van der Waals surface area contributed by atoms with Crippen molar-refractivity contribution in [2.75, 3.05) is 0 Å². The topological polar surface area (TPSA) is 62.0 Å². The van der Waals surface area contributed by atoms with Crippen molar-refractivity contribution in [3.63, 3.8) is 0 Å². The second kappa shape index (κ2) is 5.40. The summed E-state index contributed by atoms with van der Waals surface area (Å²) < 4.78 is 26.0. The van der Waals surface area contributed by atoms with Gasteiger partial charge in [-0.15, -0.1) is 0 Å². The number of hydrogen-bond acceptors (Lipinski definition) is 3. The van der Waals surface area contributed by atoms with Crippen LogP contribution in [-0.4, -0.2) is 10.9 Å². The summed E-state index contributed by atoms with van der Waals surface area (Å²) in [6, 6.07) is 3.73. The number of amides is 1. The Kier molecular flexibility index (Phi) is 3.59. The van der Waals surface area contributed by atoms with Crippen molar-refractivity contribution in [2.24, 2.45) is 5.92 Å². The van der Waals surface area contributed by atoms with Gasteiger partial charge in [0.05, 0.1) is 6.54 Å². The first-order valence-corrected chi connectivity index (χ1v) is 7.32. The smallest absolute Gasteiger partial charge is 0.304 e. The van der Waals surface area contributed by atoms with E-state index in [0.29, 0.717) is 17.7 Å². The van der Waals surface area contributed by atoms with Gasteiger partial charge < -0.3 is 10.3 Å². The molecule has 3 rings (SSSR count). The molecule has 1 aromatic heterocycles. The number of nitrogens with one attached hydrogen (secondary N) is 2. The average molecular weight is 310 g/mol. The molecular weight excluding hydrogens is 298 g/mol. The molecule has 0 spiro atoms. The zero-order valence-corrected chi connectivity index (χ0v) is 11.7. The molecule has 1 heterocycles. The lowest BCUT2D eigenvalue weighted by atomic mass is 10.1. The highest BCUT2D eigenvalue weighted by molar-refractivity contribution is 7.07. The number of H-pyrrole nitrogens is 1. The SMILES string of the molecule is O=C(NCc1csc(=O)[nH]1)[C@H]1C[C@@H]1c1ccc(F)c(F)c1. The van der Waals surface area contributed by atoms with Crippen LogP contribution in [-0.2, 0) is 11.3 Å². The van der Waals surface area contributed by atoms with Crippen LogP contribution in [0.1, 0.15) is 23.6 Å². The third kappa shape index (κ3) is 3.02. The first-order valence-electron chi connectivity index (χ1n) is 6.44. The second-order valence-corrected chi connectivity index (χ2v) is 5.86. The minimum atomic E-state index is -0.894. The zero-order chi connectivity index (χ0) is 15.0. The van der Waals surface area contributed by atoms with Crippen LogP contribution >= 0.6 is 11.3 Å². The number of thiazole rings is 1. The van der Waals surface area contributed by atoms with E-state index < -0.39 is 11.6 Å². The van der Waals surface area contributed by atoms with E-state index in [1.54, 1.807) is 5.38 Å². The van der Waals surface area contributed by atoms with Crippen LogP contribution in [0.4, 0.5) is 8.78 Å². The number of benzene rings is 1. The fourth-order valence-corrected chi connectivity index (χ4v) is 2.89. The summed E-state index contributed by atoms with van der Waals surface area (Å²) in [7, 11) is 0. The van der Waals surface area contributed by atoms with Crippen LogP contribution in [0.5, 0.6) is 0 Å². The normalized spacial score (nSPS) is 20.3. The highest BCUT2D eigenvalue weighted by Crippen LogP contribution is 2.47. The number of aromatic nitrogens is 1. The van der Waals surface area contributed by atoms with Crippen molar-refractivity contribution in [1.82, 2.24) is 10.3 Å². The fourth-order valence-electron chi connectivity index (χ4n) is 2.31. The van der Waals surface area contributed by atoms with Crippen LogP contribution in [0.2, 0.25) is 0 Å². The van der Waals surface area contributed by atoms with Crippen molar-refractivity contribution in [3.05, 3.63) is 56.1 Å². The van der Waals surface area contributed by atoms with Gasteiger partial charge in [0.25, 0.3) is 0 Å². The van der Waals surface area contributed by atoms with Gasteiger partial charge in [-0.2, -0.15) is 0 Å². The van der Waals surface area contributed by atoms with Gasteiger partial charge in [-0.25, -0.2) is 8.78 Å². The fraction of sp³-hybridized carbons (Fsp3) is 0.286. The molecule has 0 unspecified atom stereocenters.